The van der Waals surface area contributed by atoms with Crippen LogP contribution in [-0.2, 0) is 0 Å². The molecule has 1 spiro atoms. The van der Waals surface area contributed by atoms with Gasteiger partial charge in [-0.1, -0.05) is 6.42 Å². The van der Waals surface area contributed by atoms with Gasteiger partial charge < -0.3 is 10.2 Å². The van der Waals surface area contributed by atoms with E-state index in [1.165, 1.54) is 51.6 Å². The lowest BCUT2D eigenvalue weighted by atomic mass is 9.68. The van der Waals surface area contributed by atoms with Crippen LogP contribution in [0.15, 0.2) is 4.99 Å². The number of nitrogens with one attached hydrogen (secondary N) is 1. The zero-order valence-corrected chi connectivity index (χ0v) is 13.1. The average Bonchev–Trinajstić information content (AvgIpc) is 2.94. The van der Waals surface area contributed by atoms with E-state index in [0.29, 0.717) is 5.41 Å². The molecule has 0 aromatic heterocycles. The third kappa shape index (κ3) is 2.88. The molecule has 4 heteroatoms. The highest BCUT2D eigenvalue weighted by molar-refractivity contribution is 14.0. The molecule has 0 unspecified atom stereocenters. The van der Waals surface area contributed by atoms with Crippen LogP contribution in [0.1, 0.15) is 38.5 Å². The Bertz CT molecular complexity index is 295. The minimum Gasteiger partial charge on any atom is -0.356 e. The second kappa shape index (κ2) is 5.33. The normalized spacial score (nSPS) is 26.6. The molecule has 2 saturated carbocycles. The third-order valence-electron chi connectivity index (χ3n) is 4.61. The van der Waals surface area contributed by atoms with E-state index in [1.54, 1.807) is 0 Å². The smallest absolute Gasteiger partial charge is 0.193 e. The van der Waals surface area contributed by atoms with E-state index in [9.17, 15) is 0 Å². The van der Waals surface area contributed by atoms with Crippen LogP contribution >= 0.6 is 24.0 Å². The number of guanidine groups is 1. The summed E-state index contributed by atoms with van der Waals surface area (Å²) in [6.45, 7) is 3.60. The van der Waals surface area contributed by atoms with E-state index >= 15 is 0 Å². The fraction of sp³-hybridized carbons (Fsp3) is 0.923. The summed E-state index contributed by atoms with van der Waals surface area (Å²) < 4.78 is 0. The van der Waals surface area contributed by atoms with Crippen molar-refractivity contribution in [2.45, 2.75) is 38.5 Å². The Kier molecular flexibility index (Phi) is 4.21. The molecule has 98 valence electrons. The predicted molar refractivity (Wildman–Crippen MR) is 82.0 cm³/mol. The SMILES string of the molecule is CN=C(NCC1CC1)N1CCC2(CCC2)C1.I. The largest absolute Gasteiger partial charge is 0.356 e. The van der Waals surface area contributed by atoms with Gasteiger partial charge in [0.1, 0.15) is 0 Å². The van der Waals surface area contributed by atoms with Gasteiger partial charge in [-0.15, -0.1) is 24.0 Å². The Labute approximate surface area is 121 Å². The summed E-state index contributed by atoms with van der Waals surface area (Å²) in [6, 6.07) is 0. The Morgan fingerprint density at radius 3 is 2.59 bits per heavy atom. The van der Waals surface area contributed by atoms with Crippen molar-refractivity contribution in [1.29, 1.82) is 0 Å². The molecule has 0 radical (unpaired) electrons. The topological polar surface area (TPSA) is 27.6 Å². The molecule has 3 aliphatic rings. The first-order valence-corrected chi connectivity index (χ1v) is 6.77. The highest BCUT2D eigenvalue weighted by Gasteiger charge is 2.43. The van der Waals surface area contributed by atoms with Gasteiger partial charge >= 0.3 is 0 Å². The van der Waals surface area contributed by atoms with Gasteiger partial charge in [-0.3, -0.25) is 4.99 Å². The first-order valence-electron chi connectivity index (χ1n) is 6.77. The summed E-state index contributed by atoms with van der Waals surface area (Å²) in [6.07, 6.45) is 8.55. The van der Waals surface area contributed by atoms with Crippen molar-refractivity contribution in [2.24, 2.45) is 16.3 Å². The number of nitrogens with zero attached hydrogens (tertiary/aromatic N) is 2. The summed E-state index contributed by atoms with van der Waals surface area (Å²) in [5.74, 6) is 2.08. The molecular weight excluding hydrogens is 325 g/mol. The van der Waals surface area contributed by atoms with Crippen molar-refractivity contribution < 1.29 is 0 Å². The van der Waals surface area contributed by atoms with Crippen molar-refractivity contribution >= 4 is 29.9 Å². The molecule has 1 N–H and O–H groups in total. The molecule has 1 saturated heterocycles. The van der Waals surface area contributed by atoms with Gasteiger partial charge in [0.25, 0.3) is 0 Å². The third-order valence-corrected chi connectivity index (χ3v) is 4.61. The van der Waals surface area contributed by atoms with Crippen LogP contribution in [0, 0.1) is 11.3 Å². The minimum atomic E-state index is 0. The summed E-state index contributed by atoms with van der Waals surface area (Å²) >= 11 is 0. The van der Waals surface area contributed by atoms with Crippen molar-refractivity contribution in [3.05, 3.63) is 0 Å². The van der Waals surface area contributed by atoms with Crippen LogP contribution in [0.5, 0.6) is 0 Å². The van der Waals surface area contributed by atoms with Gasteiger partial charge in [-0.05, 0) is 43.4 Å². The zero-order valence-electron chi connectivity index (χ0n) is 10.7. The molecule has 3 nitrogen and oxygen atoms in total. The van der Waals surface area contributed by atoms with Crippen molar-refractivity contribution in [3.8, 4) is 0 Å². The predicted octanol–water partition coefficient (Wildman–Crippen LogP) is 2.47. The fourth-order valence-electron chi connectivity index (χ4n) is 3.09. The Balaban J connectivity index is 0.00000108. The van der Waals surface area contributed by atoms with Crippen molar-refractivity contribution in [2.75, 3.05) is 26.7 Å². The van der Waals surface area contributed by atoms with E-state index < -0.39 is 0 Å². The summed E-state index contributed by atoms with van der Waals surface area (Å²) in [5.41, 5.74) is 0.678. The van der Waals surface area contributed by atoms with Gasteiger partial charge in [-0.2, -0.15) is 0 Å². The molecule has 0 amide bonds. The van der Waals surface area contributed by atoms with E-state index in [-0.39, 0.29) is 24.0 Å². The highest BCUT2D eigenvalue weighted by Crippen LogP contribution is 2.47. The maximum atomic E-state index is 4.43. The highest BCUT2D eigenvalue weighted by atomic mass is 127. The van der Waals surface area contributed by atoms with E-state index in [1.807, 2.05) is 7.05 Å². The molecule has 0 atom stereocenters. The lowest BCUT2D eigenvalue weighted by Gasteiger charge is -2.38. The monoisotopic (exact) mass is 349 g/mol. The molecule has 2 aliphatic carbocycles. The lowest BCUT2D eigenvalue weighted by Crippen LogP contribution is -2.43. The minimum absolute atomic E-state index is 0. The Hall–Kier alpha value is 0. The second-order valence-electron chi connectivity index (χ2n) is 5.90. The van der Waals surface area contributed by atoms with Crippen molar-refractivity contribution in [3.63, 3.8) is 0 Å². The number of likely N-dealkylation sites (tertiary alicyclic amines) is 1. The van der Waals surface area contributed by atoms with Crippen LogP contribution < -0.4 is 5.32 Å². The fourth-order valence-corrected chi connectivity index (χ4v) is 3.09. The molecule has 1 heterocycles. The Morgan fingerprint density at radius 1 is 1.35 bits per heavy atom. The average molecular weight is 349 g/mol. The number of aliphatic imine (C=N–C) groups is 1. The Morgan fingerprint density at radius 2 is 2.12 bits per heavy atom. The first-order chi connectivity index (χ1) is 7.81. The summed E-state index contributed by atoms with van der Waals surface area (Å²) in [7, 11) is 1.92. The van der Waals surface area contributed by atoms with E-state index in [4.69, 9.17) is 0 Å². The van der Waals surface area contributed by atoms with Gasteiger partial charge in [0.15, 0.2) is 5.96 Å². The number of hydrogen-bond acceptors (Lipinski definition) is 1. The number of rotatable bonds is 2. The molecule has 1 aliphatic heterocycles. The van der Waals surface area contributed by atoms with Gasteiger partial charge in [0, 0.05) is 26.7 Å². The summed E-state index contributed by atoms with van der Waals surface area (Å²) in [5, 5.41) is 3.54. The standard InChI is InChI=1S/C13H23N3.HI/c1-14-12(15-9-11-3-4-11)16-8-7-13(10-16)5-2-6-13;/h11H,2-10H2,1H3,(H,14,15);1H. The van der Waals surface area contributed by atoms with Crippen LogP contribution in [0.4, 0.5) is 0 Å². The van der Waals surface area contributed by atoms with E-state index in [2.05, 4.69) is 15.2 Å². The maximum Gasteiger partial charge on any atom is 0.193 e. The molecule has 0 aromatic carbocycles. The molecule has 17 heavy (non-hydrogen) atoms. The first kappa shape index (κ1) is 13.4. The lowest BCUT2D eigenvalue weighted by molar-refractivity contribution is 0.151. The van der Waals surface area contributed by atoms with Gasteiger partial charge in [0.05, 0.1) is 0 Å². The molecule has 0 bridgehead atoms. The van der Waals surface area contributed by atoms with Crippen LogP contribution in [0.25, 0.3) is 0 Å². The van der Waals surface area contributed by atoms with Crippen molar-refractivity contribution in [1.82, 2.24) is 10.2 Å². The molecule has 3 rings (SSSR count). The van der Waals surface area contributed by atoms with Gasteiger partial charge in [-0.25, -0.2) is 0 Å². The zero-order chi connectivity index (χ0) is 11.0. The van der Waals surface area contributed by atoms with Crippen LogP contribution in [0.2, 0.25) is 0 Å². The molecular formula is C13H24IN3. The van der Waals surface area contributed by atoms with Crippen LogP contribution in [-0.4, -0.2) is 37.5 Å². The van der Waals surface area contributed by atoms with E-state index in [0.717, 1.165) is 18.4 Å². The van der Waals surface area contributed by atoms with Crippen LogP contribution in [0.3, 0.4) is 0 Å². The summed E-state index contributed by atoms with van der Waals surface area (Å²) in [4.78, 5) is 6.90. The second-order valence-corrected chi connectivity index (χ2v) is 5.90. The molecule has 0 aromatic rings. The quantitative estimate of drug-likeness (QED) is 0.471. The number of halogens is 1. The molecule has 3 fully saturated rings. The number of hydrogen-bond donors (Lipinski definition) is 1. The van der Waals surface area contributed by atoms with Gasteiger partial charge in [0.2, 0.25) is 0 Å². The maximum absolute atomic E-state index is 4.43.